The van der Waals surface area contributed by atoms with E-state index in [0.717, 1.165) is 0 Å². The zero-order valence-corrected chi connectivity index (χ0v) is 12.2. The average molecular weight is 326 g/mol. The number of rotatable bonds is 2. The molecule has 0 radical (unpaired) electrons. The molecule has 1 atom stereocenters. The highest BCUT2D eigenvalue weighted by atomic mass is 79.9. The summed E-state index contributed by atoms with van der Waals surface area (Å²) >= 11 is 3.30. The van der Waals surface area contributed by atoms with Crippen molar-refractivity contribution < 1.29 is 9.59 Å². The molecule has 5 nitrogen and oxygen atoms in total. The van der Waals surface area contributed by atoms with Crippen molar-refractivity contribution in [2.75, 3.05) is 19.3 Å². The molecule has 0 aromatic heterocycles. The van der Waals surface area contributed by atoms with Gasteiger partial charge in [0, 0.05) is 41.8 Å². The summed E-state index contributed by atoms with van der Waals surface area (Å²) in [5, 5.41) is 2.94. The standard InChI is InChI=1S/C13H16BrN3O2/c1-17-7-9(3-5-12(17)18)16-13(19)8-2-4-11(15)10(14)6-8/h2,4,6,9H,3,5,7,15H2,1H3,(H,16,19). The number of piperidine rings is 1. The van der Waals surface area contributed by atoms with Gasteiger partial charge in [-0.05, 0) is 40.5 Å². The summed E-state index contributed by atoms with van der Waals surface area (Å²) in [4.78, 5) is 25.1. The number of benzene rings is 1. The molecule has 1 aromatic carbocycles. The van der Waals surface area contributed by atoms with Gasteiger partial charge in [0.05, 0.1) is 0 Å². The molecule has 1 unspecified atom stereocenters. The van der Waals surface area contributed by atoms with Crippen molar-refractivity contribution in [1.82, 2.24) is 10.2 Å². The van der Waals surface area contributed by atoms with Crippen LogP contribution < -0.4 is 11.1 Å². The number of nitrogen functional groups attached to an aromatic ring is 1. The van der Waals surface area contributed by atoms with Gasteiger partial charge in [-0.3, -0.25) is 9.59 Å². The molecule has 0 bridgehead atoms. The number of nitrogens with one attached hydrogen (secondary N) is 1. The highest BCUT2D eigenvalue weighted by molar-refractivity contribution is 9.10. The number of carbonyl (C=O) groups is 2. The lowest BCUT2D eigenvalue weighted by molar-refractivity contribution is -0.132. The first-order chi connectivity index (χ1) is 8.97. The summed E-state index contributed by atoms with van der Waals surface area (Å²) in [5.41, 5.74) is 6.84. The Kier molecular flexibility index (Phi) is 4.09. The predicted octanol–water partition coefficient (Wildman–Crippen LogP) is 1.38. The third-order valence-electron chi connectivity index (χ3n) is 3.22. The highest BCUT2D eigenvalue weighted by Gasteiger charge is 2.24. The molecule has 2 rings (SSSR count). The Hall–Kier alpha value is -1.56. The average Bonchev–Trinajstić information content (AvgIpc) is 2.37. The number of anilines is 1. The number of likely N-dealkylation sites (tertiary alicyclic amines) is 1. The molecule has 1 aromatic rings. The van der Waals surface area contributed by atoms with E-state index in [4.69, 9.17) is 5.73 Å². The lowest BCUT2D eigenvalue weighted by Crippen LogP contribution is -2.48. The van der Waals surface area contributed by atoms with E-state index in [2.05, 4.69) is 21.2 Å². The molecule has 3 N–H and O–H groups in total. The van der Waals surface area contributed by atoms with Gasteiger partial charge in [-0.1, -0.05) is 0 Å². The number of halogens is 1. The van der Waals surface area contributed by atoms with Crippen LogP contribution in [0.5, 0.6) is 0 Å². The number of nitrogens with two attached hydrogens (primary N) is 1. The molecule has 1 aliphatic heterocycles. The highest BCUT2D eigenvalue weighted by Crippen LogP contribution is 2.20. The van der Waals surface area contributed by atoms with Crippen LogP contribution in [0.25, 0.3) is 0 Å². The molecule has 1 fully saturated rings. The first-order valence-electron chi connectivity index (χ1n) is 6.07. The van der Waals surface area contributed by atoms with Crippen LogP contribution in [0, 0.1) is 0 Å². The zero-order chi connectivity index (χ0) is 14.0. The first kappa shape index (κ1) is 13.9. The van der Waals surface area contributed by atoms with E-state index in [0.29, 0.717) is 35.1 Å². The quantitative estimate of drug-likeness (QED) is 0.807. The fourth-order valence-corrected chi connectivity index (χ4v) is 2.45. The summed E-state index contributed by atoms with van der Waals surface area (Å²) in [5.74, 6) is -0.0193. The number of likely N-dealkylation sites (N-methyl/N-ethyl adjacent to an activating group) is 1. The summed E-state index contributed by atoms with van der Waals surface area (Å²) in [6.07, 6.45) is 1.16. The van der Waals surface area contributed by atoms with E-state index in [1.807, 2.05) is 0 Å². The maximum absolute atomic E-state index is 12.1. The molecule has 0 saturated carbocycles. The Morgan fingerprint density at radius 1 is 1.53 bits per heavy atom. The van der Waals surface area contributed by atoms with E-state index >= 15 is 0 Å². The minimum absolute atomic E-state index is 0.00604. The van der Waals surface area contributed by atoms with E-state index in [9.17, 15) is 9.59 Å². The van der Waals surface area contributed by atoms with E-state index in [1.165, 1.54) is 0 Å². The lowest BCUT2D eigenvalue weighted by atomic mass is 10.0. The van der Waals surface area contributed by atoms with Crippen LogP contribution in [0.3, 0.4) is 0 Å². The largest absolute Gasteiger partial charge is 0.398 e. The van der Waals surface area contributed by atoms with Crippen LogP contribution in [0.2, 0.25) is 0 Å². The summed E-state index contributed by atoms with van der Waals surface area (Å²) in [6.45, 7) is 0.556. The Balaban J connectivity index is 2.01. The van der Waals surface area contributed by atoms with E-state index < -0.39 is 0 Å². The third kappa shape index (κ3) is 3.26. The van der Waals surface area contributed by atoms with Gasteiger partial charge in [-0.2, -0.15) is 0 Å². The van der Waals surface area contributed by atoms with Crippen molar-refractivity contribution >= 4 is 33.4 Å². The molecular formula is C13H16BrN3O2. The van der Waals surface area contributed by atoms with Gasteiger partial charge in [0.25, 0.3) is 5.91 Å². The minimum atomic E-state index is -0.145. The number of carbonyl (C=O) groups excluding carboxylic acids is 2. The molecule has 19 heavy (non-hydrogen) atoms. The number of nitrogens with zero attached hydrogens (tertiary/aromatic N) is 1. The van der Waals surface area contributed by atoms with Gasteiger partial charge in [0.15, 0.2) is 0 Å². The van der Waals surface area contributed by atoms with Crippen molar-refractivity contribution in [3.63, 3.8) is 0 Å². The van der Waals surface area contributed by atoms with Crippen molar-refractivity contribution in [3.05, 3.63) is 28.2 Å². The molecule has 1 aliphatic rings. The zero-order valence-electron chi connectivity index (χ0n) is 10.6. The van der Waals surface area contributed by atoms with Gasteiger partial charge >= 0.3 is 0 Å². The van der Waals surface area contributed by atoms with Gasteiger partial charge < -0.3 is 16.0 Å². The Morgan fingerprint density at radius 3 is 2.89 bits per heavy atom. The van der Waals surface area contributed by atoms with E-state index in [1.54, 1.807) is 30.1 Å². The Morgan fingerprint density at radius 2 is 2.26 bits per heavy atom. The second-order valence-electron chi connectivity index (χ2n) is 4.72. The van der Waals surface area contributed by atoms with Gasteiger partial charge in [0.1, 0.15) is 0 Å². The summed E-state index contributed by atoms with van der Waals surface area (Å²) < 4.78 is 0.705. The second kappa shape index (κ2) is 5.61. The SMILES string of the molecule is CN1CC(NC(=O)c2ccc(N)c(Br)c2)CCC1=O. The normalized spacial score (nSPS) is 19.4. The van der Waals surface area contributed by atoms with Crippen molar-refractivity contribution in [2.24, 2.45) is 0 Å². The topological polar surface area (TPSA) is 75.4 Å². The van der Waals surface area contributed by atoms with Crippen LogP contribution >= 0.6 is 15.9 Å². The molecule has 102 valence electrons. The maximum atomic E-state index is 12.1. The minimum Gasteiger partial charge on any atom is -0.398 e. The van der Waals surface area contributed by atoms with Crippen LogP contribution in [0.4, 0.5) is 5.69 Å². The van der Waals surface area contributed by atoms with Crippen molar-refractivity contribution in [3.8, 4) is 0 Å². The molecule has 1 heterocycles. The summed E-state index contributed by atoms with van der Waals surface area (Å²) in [7, 11) is 1.75. The van der Waals surface area contributed by atoms with E-state index in [-0.39, 0.29) is 17.9 Å². The van der Waals surface area contributed by atoms with Crippen molar-refractivity contribution in [2.45, 2.75) is 18.9 Å². The monoisotopic (exact) mass is 325 g/mol. The number of hydrogen-bond acceptors (Lipinski definition) is 3. The maximum Gasteiger partial charge on any atom is 0.251 e. The fraction of sp³-hybridized carbons (Fsp3) is 0.385. The fourth-order valence-electron chi connectivity index (χ4n) is 2.07. The predicted molar refractivity (Wildman–Crippen MR) is 76.7 cm³/mol. The Labute approximate surface area is 120 Å². The molecular weight excluding hydrogens is 310 g/mol. The molecule has 0 aliphatic carbocycles. The van der Waals surface area contributed by atoms with Crippen LogP contribution in [-0.4, -0.2) is 36.3 Å². The summed E-state index contributed by atoms with van der Waals surface area (Å²) in [6, 6.07) is 5.08. The van der Waals surface area contributed by atoms with Gasteiger partial charge in [-0.15, -0.1) is 0 Å². The number of amides is 2. The smallest absolute Gasteiger partial charge is 0.251 e. The van der Waals surface area contributed by atoms with Crippen LogP contribution in [-0.2, 0) is 4.79 Å². The number of hydrogen-bond donors (Lipinski definition) is 2. The molecule has 2 amide bonds. The first-order valence-corrected chi connectivity index (χ1v) is 6.86. The second-order valence-corrected chi connectivity index (χ2v) is 5.57. The Bertz CT molecular complexity index is 519. The van der Waals surface area contributed by atoms with Crippen LogP contribution in [0.1, 0.15) is 23.2 Å². The third-order valence-corrected chi connectivity index (χ3v) is 3.91. The lowest BCUT2D eigenvalue weighted by Gasteiger charge is -2.30. The van der Waals surface area contributed by atoms with Crippen molar-refractivity contribution in [1.29, 1.82) is 0 Å². The van der Waals surface area contributed by atoms with Crippen LogP contribution in [0.15, 0.2) is 22.7 Å². The van der Waals surface area contributed by atoms with Gasteiger partial charge in [0.2, 0.25) is 5.91 Å². The molecule has 1 saturated heterocycles. The van der Waals surface area contributed by atoms with Gasteiger partial charge in [-0.25, -0.2) is 0 Å². The molecule has 0 spiro atoms. The molecule has 6 heteroatoms.